The van der Waals surface area contributed by atoms with Gasteiger partial charge < -0.3 is 5.11 Å². The number of aryl methyl sites for hydroxylation is 2. The summed E-state index contributed by atoms with van der Waals surface area (Å²) >= 11 is 0. The molecule has 0 aliphatic carbocycles. The van der Waals surface area contributed by atoms with Gasteiger partial charge in [-0.2, -0.15) is 10.2 Å². The van der Waals surface area contributed by atoms with Crippen LogP contribution in [0.25, 0.3) is 5.82 Å². The molecule has 0 fully saturated rings. The van der Waals surface area contributed by atoms with Crippen LogP contribution < -0.4 is 0 Å². The molecule has 0 radical (unpaired) electrons. The molecule has 2 heterocycles. The third kappa shape index (κ3) is 1.89. The van der Waals surface area contributed by atoms with E-state index in [-0.39, 0.29) is 5.56 Å². The quantitative estimate of drug-likeness (QED) is 0.843. The first kappa shape index (κ1) is 11.3. The molecule has 0 aliphatic rings. The Labute approximate surface area is 97.9 Å². The van der Waals surface area contributed by atoms with E-state index in [0.29, 0.717) is 17.2 Å². The number of carbonyl (C=O) groups is 1. The number of aromatic nitrogens is 4. The van der Waals surface area contributed by atoms with Crippen molar-refractivity contribution in [3.05, 3.63) is 34.8 Å². The van der Waals surface area contributed by atoms with Gasteiger partial charge in [-0.05, 0) is 32.9 Å². The number of rotatable bonds is 2. The van der Waals surface area contributed by atoms with Crippen LogP contribution in [0.5, 0.6) is 0 Å². The highest BCUT2D eigenvalue weighted by molar-refractivity contribution is 5.90. The van der Waals surface area contributed by atoms with Crippen molar-refractivity contribution in [2.24, 2.45) is 0 Å². The Bertz CT molecular complexity index is 572. The van der Waals surface area contributed by atoms with Gasteiger partial charge in [0.2, 0.25) is 0 Å². The second-order valence-electron chi connectivity index (χ2n) is 3.80. The van der Waals surface area contributed by atoms with E-state index in [2.05, 4.69) is 15.3 Å². The van der Waals surface area contributed by atoms with E-state index in [9.17, 15) is 4.79 Å². The molecule has 0 amide bonds. The molecule has 0 saturated carbocycles. The third-order valence-electron chi connectivity index (χ3n) is 2.51. The topological polar surface area (TPSA) is 80.9 Å². The molecule has 0 bridgehead atoms. The Morgan fingerprint density at radius 2 is 1.94 bits per heavy atom. The predicted molar refractivity (Wildman–Crippen MR) is 60.3 cm³/mol. The number of carboxylic acids is 1. The SMILES string of the molecule is Cc1ccc(-n2nc(C)c(C(=O)O)c2C)nn1. The molecule has 0 spiro atoms. The maximum Gasteiger partial charge on any atom is 0.339 e. The van der Waals surface area contributed by atoms with E-state index < -0.39 is 5.97 Å². The summed E-state index contributed by atoms with van der Waals surface area (Å²) in [6.07, 6.45) is 0. The molecule has 2 rings (SSSR count). The first-order valence-electron chi connectivity index (χ1n) is 5.11. The summed E-state index contributed by atoms with van der Waals surface area (Å²) < 4.78 is 1.49. The normalized spacial score (nSPS) is 10.5. The molecule has 2 aromatic heterocycles. The van der Waals surface area contributed by atoms with Crippen molar-refractivity contribution in [3.8, 4) is 5.82 Å². The zero-order valence-electron chi connectivity index (χ0n) is 9.80. The van der Waals surface area contributed by atoms with Gasteiger partial charge in [0.05, 0.1) is 17.1 Å². The van der Waals surface area contributed by atoms with Crippen molar-refractivity contribution in [1.82, 2.24) is 20.0 Å². The van der Waals surface area contributed by atoms with E-state index in [1.807, 2.05) is 6.92 Å². The lowest BCUT2D eigenvalue weighted by molar-refractivity contribution is 0.0695. The van der Waals surface area contributed by atoms with E-state index >= 15 is 0 Å². The molecular weight excluding hydrogens is 220 g/mol. The first-order chi connectivity index (χ1) is 8.00. The van der Waals surface area contributed by atoms with Crippen LogP contribution in [0.2, 0.25) is 0 Å². The maximum atomic E-state index is 11.1. The van der Waals surface area contributed by atoms with Gasteiger partial charge in [-0.1, -0.05) is 0 Å². The van der Waals surface area contributed by atoms with Crippen LogP contribution >= 0.6 is 0 Å². The van der Waals surface area contributed by atoms with Crippen molar-refractivity contribution in [2.75, 3.05) is 0 Å². The van der Waals surface area contributed by atoms with Crippen molar-refractivity contribution >= 4 is 5.97 Å². The Morgan fingerprint density at radius 1 is 1.24 bits per heavy atom. The molecule has 88 valence electrons. The number of nitrogens with zero attached hydrogens (tertiary/aromatic N) is 4. The minimum absolute atomic E-state index is 0.215. The van der Waals surface area contributed by atoms with Crippen molar-refractivity contribution in [3.63, 3.8) is 0 Å². The summed E-state index contributed by atoms with van der Waals surface area (Å²) in [6.45, 7) is 5.19. The maximum absolute atomic E-state index is 11.1. The van der Waals surface area contributed by atoms with E-state index in [4.69, 9.17) is 5.11 Å². The molecule has 0 aromatic carbocycles. The standard InChI is InChI=1S/C11H12N4O2/c1-6-4-5-9(13-12-6)15-8(3)10(11(16)17)7(2)14-15/h4-5H,1-3H3,(H,16,17). The third-order valence-corrected chi connectivity index (χ3v) is 2.51. The lowest BCUT2D eigenvalue weighted by atomic mass is 10.2. The van der Waals surface area contributed by atoms with Gasteiger partial charge in [0.1, 0.15) is 5.56 Å². The Kier molecular flexibility index (Phi) is 2.63. The van der Waals surface area contributed by atoms with Crippen molar-refractivity contribution in [2.45, 2.75) is 20.8 Å². The lowest BCUT2D eigenvalue weighted by Crippen LogP contribution is -2.05. The molecule has 0 aliphatic heterocycles. The summed E-state index contributed by atoms with van der Waals surface area (Å²) in [7, 11) is 0. The summed E-state index contributed by atoms with van der Waals surface area (Å²) in [5.41, 5.74) is 2.03. The zero-order valence-corrected chi connectivity index (χ0v) is 9.80. The van der Waals surface area contributed by atoms with Crippen molar-refractivity contribution in [1.29, 1.82) is 0 Å². The molecule has 0 atom stereocenters. The summed E-state index contributed by atoms with van der Waals surface area (Å²) in [4.78, 5) is 11.1. The van der Waals surface area contributed by atoms with Crippen LogP contribution in [0, 0.1) is 20.8 Å². The monoisotopic (exact) mass is 232 g/mol. The Morgan fingerprint density at radius 3 is 2.41 bits per heavy atom. The van der Waals surface area contributed by atoms with E-state index in [1.165, 1.54) is 4.68 Å². The van der Waals surface area contributed by atoms with Gasteiger partial charge in [-0.15, -0.1) is 5.10 Å². The highest BCUT2D eigenvalue weighted by atomic mass is 16.4. The minimum atomic E-state index is -0.980. The predicted octanol–water partition coefficient (Wildman–Crippen LogP) is 1.29. The fourth-order valence-electron chi connectivity index (χ4n) is 1.68. The molecule has 0 saturated heterocycles. The Balaban J connectivity index is 2.57. The summed E-state index contributed by atoms with van der Waals surface area (Å²) in [6, 6.07) is 3.56. The fraction of sp³-hybridized carbons (Fsp3) is 0.273. The lowest BCUT2D eigenvalue weighted by Gasteiger charge is -2.02. The average Bonchev–Trinajstić information content (AvgIpc) is 2.55. The van der Waals surface area contributed by atoms with Crippen LogP contribution in [-0.2, 0) is 0 Å². The van der Waals surface area contributed by atoms with E-state index in [1.54, 1.807) is 26.0 Å². The Hall–Kier alpha value is -2.24. The second-order valence-corrected chi connectivity index (χ2v) is 3.80. The van der Waals surface area contributed by atoms with Crippen LogP contribution in [0.3, 0.4) is 0 Å². The number of aromatic carboxylic acids is 1. The first-order valence-corrected chi connectivity index (χ1v) is 5.11. The highest BCUT2D eigenvalue weighted by Crippen LogP contribution is 2.16. The van der Waals surface area contributed by atoms with Gasteiger partial charge in [0.25, 0.3) is 0 Å². The van der Waals surface area contributed by atoms with Gasteiger partial charge >= 0.3 is 5.97 Å². The average molecular weight is 232 g/mol. The molecule has 17 heavy (non-hydrogen) atoms. The summed E-state index contributed by atoms with van der Waals surface area (Å²) in [5.74, 6) is -0.463. The fourth-order valence-corrected chi connectivity index (χ4v) is 1.68. The van der Waals surface area contributed by atoms with Crippen LogP contribution in [0.15, 0.2) is 12.1 Å². The molecule has 6 nitrogen and oxygen atoms in total. The number of hydrogen-bond acceptors (Lipinski definition) is 4. The number of hydrogen-bond donors (Lipinski definition) is 1. The van der Waals surface area contributed by atoms with Gasteiger partial charge in [-0.25, -0.2) is 9.48 Å². The molecule has 1 N–H and O–H groups in total. The van der Waals surface area contributed by atoms with Gasteiger partial charge in [0, 0.05) is 0 Å². The van der Waals surface area contributed by atoms with Gasteiger partial charge in [0.15, 0.2) is 5.82 Å². The largest absolute Gasteiger partial charge is 0.478 e. The van der Waals surface area contributed by atoms with Crippen LogP contribution in [0.1, 0.15) is 27.4 Å². The van der Waals surface area contributed by atoms with Crippen LogP contribution in [0.4, 0.5) is 0 Å². The van der Waals surface area contributed by atoms with Crippen molar-refractivity contribution < 1.29 is 9.90 Å². The van der Waals surface area contributed by atoms with E-state index in [0.717, 1.165) is 5.69 Å². The molecule has 2 aromatic rings. The smallest absolute Gasteiger partial charge is 0.339 e. The highest BCUT2D eigenvalue weighted by Gasteiger charge is 2.18. The minimum Gasteiger partial charge on any atom is -0.478 e. The summed E-state index contributed by atoms with van der Waals surface area (Å²) in [5, 5.41) is 21.1. The second kappa shape index (κ2) is 3.97. The van der Waals surface area contributed by atoms with Crippen LogP contribution in [-0.4, -0.2) is 31.1 Å². The van der Waals surface area contributed by atoms with Gasteiger partial charge in [-0.3, -0.25) is 0 Å². The zero-order chi connectivity index (χ0) is 12.6. The molecule has 0 unspecified atom stereocenters. The molecular formula is C11H12N4O2. The number of carboxylic acid groups (broad SMARTS) is 1. The molecule has 6 heteroatoms.